The topological polar surface area (TPSA) is 52.6 Å². The van der Waals surface area contributed by atoms with Gasteiger partial charge in [0.05, 0.1) is 18.8 Å². The Bertz CT molecular complexity index is 468. The molecule has 1 atom stereocenters. The summed E-state index contributed by atoms with van der Waals surface area (Å²) in [5, 5.41) is 3.58. The molecule has 0 aromatic heterocycles. The molecule has 29 heavy (non-hydrogen) atoms. The van der Waals surface area contributed by atoms with Crippen molar-refractivity contribution < 1.29 is 9.47 Å². The second kappa shape index (κ2) is 14.0. The van der Waals surface area contributed by atoms with Crippen molar-refractivity contribution in [1.82, 2.24) is 20.0 Å². The third-order valence-electron chi connectivity index (χ3n) is 6.27. The Balaban J connectivity index is 0.00000300. The summed E-state index contributed by atoms with van der Waals surface area (Å²) in [7, 11) is 4.12. The van der Waals surface area contributed by atoms with Crippen molar-refractivity contribution in [2.45, 2.75) is 50.7 Å². The van der Waals surface area contributed by atoms with Gasteiger partial charge in [-0.15, -0.1) is 24.0 Å². The Hall–Kier alpha value is -0.160. The molecule has 0 radical (unpaired) electrons. The van der Waals surface area contributed by atoms with E-state index < -0.39 is 0 Å². The first kappa shape index (κ1) is 25.1. The molecule has 0 aliphatic carbocycles. The van der Waals surface area contributed by atoms with Crippen LogP contribution in [0.2, 0.25) is 0 Å². The van der Waals surface area contributed by atoms with Gasteiger partial charge in [-0.3, -0.25) is 4.99 Å². The van der Waals surface area contributed by atoms with E-state index in [0.717, 1.165) is 64.6 Å². The van der Waals surface area contributed by atoms with Crippen LogP contribution < -0.4 is 5.32 Å². The number of guanidine groups is 1. The number of likely N-dealkylation sites (tertiary alicyclic amines) is 1. The van der Waals surface area contributed by atoms with E-state index in [1.807, 2.05) is 7.05 Å². The van der Waals surface area contributed by atoms with Crippen LogP contribution in [-0.2, 0) is 9.47 Å². The van der Waals surface area contributed by atoms with Crippen LogP contribution in [0.1, 0.15) is 38.5 Å². The van der Waals surface area contributed by atoms with Crippen LogP contribution in [0.15, 0.2) is 4.99 Å². The van der Waals surface area contributed by atoms with Crippen LogP contribution in [0.4, 0.5) is 0 Å². The molecule has 7 nitrogen and oxygen atoms in total. The summed E-state index contributed by atoms with van der Waals surface area (Å²) >= 11 is 0. The summed E-state index contributed by atoms with van der Waals surface area (Å²) in [6.45, 7) is 10.5. The lowest BCUT2D eigenvalue weighted by Crippen LogP contribution is -2.48. The minimum absolute atomic E-state index is 0. The van der Waals surface area contributed by atoms with E-state index in [4.69, 9.17) is 9.47 Å². The number of piperidine rings is 1. The molecule has 1 N–H and O–H groups in total. The second-order valence-electron chi connectivity index (χ2n) is 8.48. The van der Waals surface area contributed by atoms with Gasteiger partial charge in [-0.2, -0.15) is 0 Å². The number of halogens is 1. The number of likely N-dealkylation sites (N-methyl/N-ethyl adjacent to an activating group) is 1. The zero-order valence-corrected chi connectivity index (χ0v) is 20.8. The van der Waals surface area contributed by atoms with E-state index in [-0.39, 0.29) is 24.0 Å². The van der Waals surface area contributed by atoms with E-state index in [1.165, 1.54) is 45.4 Å². The molecule has 3 heterocycles. The molecule has 3 aliphatic rings. The largest absolute Gasteiger partial charge is 0.376 e. The molecular formula is C21H42IN5O2. The minimum atomic E-state index is 0. The minimum Gasteiger partial charge on any atom is -0.376 e. The molecule has 3 aliphatic heterocycles. The van der Waals surface area contributed by atoms with Gasteiger partial charge in [0.1, 0.15) is 0 Å². The summed E-state index contributed by atoms with van der Waals surface area (Å²) in [5.41, 5.74) is 0. The standard InChI is InChI=1S/C21H41N5O2.HI/c1-22-21(23-9-14-25-11-5-10-24(2)15-16-25)26-12-7-19(8-13-26)28-18-20-6-3-4-17-27-20;/h19-20H,3-18H2,1-2H3,(H,22,23);1H. The Labute approximate surface area is 194 Å². The molecule has 0 aromatic rings. The smallest absolute Gasteiger partial charge is 0.193 e. The highest BCUT2D eigenvalue weighted by atomic mass is 127. The maximum absolute atomic E-state index is 6.14. The first-order chi connectivity index (χ1) is 13.7. The normalized spacial score (nSPS) is 26.1. The summed E-state index contributed by atoms with van der Waals surface area (Å²) in [4.78, 5) is 11.9. The van der Waals surface area contributed by atoms with Crippen molar-refractivity contribution in [3.8, 4) is 0 Å². The average Bonchev–Trinajstić information content (AvgIpc) is 2.95. The molecule has 0 bridgehead atoms. The number of rotatable bonds is 6. The van der Waals surface area contributed by atoms with Gasteiger partial charge < -0.3 is 29.5 Å². The van der Waals surface area contributed by atoms with Gasteiger partial charge in [0.15, 0.2) is 5.96 Å². The number of nitrogens with one attached hydrogen (secondary N) is 1. The fourth-order valence-electron chi connectivity index (χ4n) is 4.40. The third-order valence-corrected chi connectivity index (χ3v) is 6.27. The summed E-state index contributed by atoms with van der Waals surface area (Å²) < 4.78 is 11.9. The molecule has 0 spiro atoms. The van der Waals surface area contributed by atoms with E-state index in [1.54, 1.807) is 0 Å². The van der Waals surface area contributed by atoms with Crippen LogP contribution in [0.5, 0.6) is 0 Å². The van der Waals surface area contributed by atoms with Crippen LogP contribution >= 0.6 is 24.0 Å². The lowest BCUT2D eigenvalue weighted by molar-refractivity contribution is -0.0721. The summed E-state index contributed by atoms with van der Waals surface area (Å²) in [5.74, 6) is 1.04. The highest BCUT2D eigenvalue weighted by Crippen LogP contribution is 2.18. The van der Waals surface area contributed by atoms with Crippen molar-refractivity contribution in [2.75, 3.05) is 79.7 Å². The first-order valence-electron chi connectivity index (χ1n) is 11.3. The third kappa shape index (κ3) is 8.85. The van der Waals surface area contributed by atoms with Gasteiger partial charge >= 0.3 is 0 Å². The van der Waals surface area contributed by atoms with Gasteiger partial charge in [-0.05, 0) is 58.7 Å². The molecule has 1 unspecified atom stereocenters. The number of aliphatic imine (C=N–C) groups is 1. The van der Waals surface area contributed by atoms with E-state index in [2.05, 4.69) is 32.1 Å². The SMILES string of the molecule is CN=C(NCCN1CCCN(C)CC1)N1CCC(OCC2CCCCO2)CC1.I. The molecule has 3 fully saturated rings. The first-order valence-corrected chi connectivity index (χ1v) is 11.3. The number of hydrogen-bond donors (Lipinski definition) is 1. The molecular weight excluding hydrogens is 481 g/mol. The summed E-state index contributed by atoms with van der Waals surface area (Å²) in [6, 6.07) is 0. The molecule has 3 saturated heterocycles. The highest BCUT2D eigenvalue weighted by Gasteiger charge is 2.24. The maximum Gasteiger partial charge on any atom is 0.193 e. The van der Waals surface area contributed by atoms with Gasteiger partial charge in [-0.1, -0.05) is 0 Å². The molecule has 0 amide bonds. The van der Waals surface area contributed by atoms with Gasteiger partial charge in [0.25, 0.3) is 0 Å². The van der Waals surface area contributed by atoms with Crippen molar-refractivity contribution in [3.05, 3.63) is 0 Å². The fourth-order valence-corrected chi connectivity index (χ4v) is 4.40. The lowest BCUT2D eigenvalue weighted by atomic mass is 10.1. The molecule has 170 valence electrons. The van der Waals surface area contributed by atoms with Crippen LogP contribution in [0.25, 0.3) is 0 Å². The van der Waals surface area contributed by atoms with E-state index in [9.17, 15) is 0 Å². The second-order valence-corrected chi connectivity index (χ2v) is 8.48. The van der Waals surface area contributed by atoms with E-state index in [0.29, 0.717) is 12.2 Å². The number of ether oxygens (including phenoxy) is 2. The van der Waals surface area contributed by atoms with Crippen LogP contribution in [0, 0.1) is 0 Å². The van der Waals surface area contributed by atoms with Crippen LogP contribution in [0.3, 0.4) is 0 Å². The molecule has 0 aromatic carbocycles. The van der Waals surface area contributed by atoms with Crippen molar-refractivity contribution in [2.24, 2.45) is 4.99 Å². The van der Waals surface area contributed by atoms with Crippen molar-refractivity contribution >= 4 is 29.9 Å². The Morgan fingerprint density at radius 2 is 1.86 bits per heavy atom. The molecule has 3 rings (SSSR count). The molecule has 8 heteroatoms. The van der Waals surface area contributed by atoms with Gasteiger partial charge in [0.2, 0.25) is 0 Å². The van der Waals surface area contributed by atoms with Crippen molar-refractivity contribution in [1.29, 1.82) is 0 Å². The number of hydrogen-bond acceptors (Lipinski definition) is 5. The fraction of sp³-hybridized carbons (Fsp3) is 0.952. The van der Waals surface area contributed by atoms with Crippen molar-refractivity contribution in [3.63, 3.8) is 0 Å². The monoisotopic (exact) mass is 523 g/mol. The zero-order valence-electron chi connectivity index (χ0n) is 18.5. The van der Waals surface area contributed by atoms with Gasteiger partial charge in [0, 0.05) is 52.9 Å². The Morgan fingerprint density at radius 3 is 2.59 bits per heavy atom. The Morgan fingerprint density at radius 1 is 1.03 bits per heavy atom. The number of nitrogens with zero attached hydrogens (tertiary/aromatic N) is 4. The highest BCUT2D eigenvalue weighted by molar-refractivity contribution is 14.0. The average molecular weight is 524 g/mol. The van der Waals surface area contributed by atoms with Crippen LogP contribution in [-0.4, -0.2) is 113 Å². The maximum atomic E-state index is 6.14. The predicted molar refractivity (Wildman–Crippen MR) is 129 cm³/mol. The quantitative estimate of drug-likeness (QED) is 0.326. The predicted octanol–water partition coefficient (Wildman–Crippen LogP) is 1.87. The Kier molecular flexibility index (Phi) is 12.1. The van der Waals surface area contributed by atoms with E-state index >= 15 is 0 Å². The molecule has 0 saturated carbocycles. The van der Waals surface area contributed by atoms with Gasteiger partial charge in [-0.25, -0.2) is 0 Å². The lowest BCUT2D eigenvalue weighted by Gasteiger charge is -2.35. The summed E-state index contributed by atoms with van der Waals surface area (Å²) in [6.07, 6.45) is 7.75. The zero-order chi connectivity index (χ0) is 19.6.